The summed E-state index contributed by atoms with van der Waals surface area (Å²) in [6.07, 6.45) is 0.510. The maximum absolute atomic E-state index is 6.57. The van der Waals surface area contributed by atoms with E-state index >= 15 is 0 Å². The first-order chi connectivity index (χ1) is 10.0. The van der Waals surface area contributed by atoms with E-state index in [0.717, 1.165) is 12.0 Å². The van der Waals surface area contributed by atoms with E-state index in [1.54, 1.807) is 7.11 Å². The average Bonchev–Trinajstić information content (AvgIpc) is 2.39. The lowest BCUT2D eigenvalue weighted by atomic mass is 10.0. The number of hydrogen-bond acceptors (Lipinski definition) is 2. The molecule has 1 aromatic rings. The molecule has 0 aliphatic heterocycles. The summed E-state index contributed by atoms with van der Waals surface area (Å²) in [5, 5.41) is 1.39. The van der Waals surface area contributed by atoms with Crippen LogP contribution in [0.5, 0.6) is 0 Å². The standard InChI is InChI=1S/C17H28Cl2O2Si/c1-8-14(21-22(6,7)17(2,3)4)16(20-5)15-12(18)10-9-11-13(15)19/h9-11,14,16H,8H2,1-7H3/t14-,16+/m0/s1. The van der Waals surface area contributed by atoms with Crippen molar-refractivity contribution in [2.24, 2.45) is 0 Å². The SMILES string of the molecule is CC[C@H](O[Si](C)(C)C(C)(C)C)[C@@H](OC)c1c(Cl)cccc1Cl. The van der Waals surface area contributed by atoms with Gasteiger partial charge in [0.05, 0.1) is 6.10 Å². The van der Waals surface area contributed by atoms with Gasteiger partial charge in [-0.1, -0.05) is 57.0 Å². The minimum absolute atomic E-state index is 0.0664. The van der Waals surface area contributed by atoms with Crippen molar-refractivity contribution in [3.8, 4) is 0 Å². The lowest BCUT2D eigenvalue weighted by Gasteiger charge is -2.41. The van der Waals surface area contributed by atoms with Crippen LogP contribution >= 0.6 is 23.2 Å². The Morgan fingerprint density at radius 2 is 1.64 bits per heavy atom. The van der Waals surface area contributed by atoms with E-state index in [2.05, 4.69) is 40.8 Å². The summed E-state index contributed by atoms with van der Waals surface area (Å²) >= 11 is 12.7. The molecule has 0 saturated heterocycles. The molecule has 0 aliphatic rings. The first-order valence-electron chi connectivity index (χ1n) is 7.69. The van der Waals surface area contributed by atoms with Crippen LogP contribution in [0.15, 0.2) is 18.2 Å². The number of halogens is 2. The van der Waals surface area contributed by atoms with Crippen LogP contribution in [0.1, 0.15) is 45.8 Å². The lowest BCUT2D eigenvalue weighted by Crippen LogP contribution is -2.45. The quantitative estimate of drug-likeness (QED) is 0.539. The number of ether oxygens (including phenoxy) is 1. The highest BCUT2D eigenvalue weighted by Gasteiger charge is 2.41. The summed E-state index contributed by atoms with van der Waals surface area (Å²) in [5.41, 5.74) is 0.818. The molecule has 1 aromatic carbocycles. The summed E-state index contributed by atoms with van der Waals surface area (Å²) in [4.78, 5) is 0. The molecule has 1 rings (SSSR count). The molecule has 0 spiro atoms. The molecule has 22 heavy (non-hydrogen) atoms. The van der Waals surface area contributed by atoms with Crippen LogP contribution in [-0.4, -0.2) is 21.5 Å². The molecular formula is C17H28Cl2O2Si. The molecule has 0 bridgehead atoms. The normalized spacial score (nSPS) is 15.7. The van der Waals surface area contributed by atoms with Crippen molar-refractivity contribution >= 4 is 31.5 Å². The van der Waals surface area contributed by atoms with Gasteiger partial charge >= 0.3 is 0 Å². The van der Waals surface area contributed by atoms with Crippen LogP contribution in [0.3, 0.4) is 0 Å². The third kappa shape index (κ3) is 4.48. The minimum Gasteiger partial charge on any atom is -0.411 e. The van der Waals surface area contributed by atoms with E-state index in [-0.39, 0.29) is 17.2 Å². The molecule has 0 saturated carbocycles. The van der Waals surface area contributed by atoms with Gasteiger partial charge in [0.2, 0.25) is 0 Å². The Balaban J connectivity index is 3.16. The molecule has 0 radical (unpaired) electrons. The Hall–Kier alpha value is -0.0631. The van der Waals surface area contributed by atoms with Crippen LogP contribution < -0.4 is 0 Å². The maximum Gasteiger partial charge on any atom is 0.192 e. The van der Waals surface area contributed by atoms with E-state index < -0.39 is 8.32 Å². The predicted octanol–water partition coefficient (Wildman–Crippen LogP) is 6.48. The van der Waals surface area contributed by atoms with Gasteiger partial charge in [-0.05, 0) is 36.7 Å². The number of benzene rings is 1. The Kier molecular flexibility index (Phi) is 6.97. The highest BCUT2D eigenvalue weighted by Crippen LogP contribution is 2.42. The zero-order valence-corrected chi connectivity index (χ0v) is 17.2. The molecule has 0 amide bonds. The van der Waals surface area contributed by atoms with Crippen LogP contribution in [0.4, 0.5) is 0 Å². The Morgan fingerprint density at radius 1 is 1.14 bits per heavy atom. The first kappa shape index (κ1) is 20.0. The Bertz CT molecular complexity index is 478. The van der Waals surface area contributed by atoms with E-state index in [0.29, 0.717) is 10.0 Å². The molecule has 0 aromatic heterocycles. The van der Waals surface area contributed by atoms with Crippen LogP contribution in [0, 0.1) is 0 Å². The second kappa shape index (κ2) is 7.67. The van der Waals surface area contributed by atoms with Gasteiger partial charge in [0, 0.05) is 22.7 Å². The van der Waals surface area contributed by atoms with Gasteiger partial charge in [0.15, 0.2) is 8.32 Å². The van der Waals surface area contributed by atoms with Crippen molar-refractivity contribution in [2.75, 3.05) is 7.11 Å². The Morgan fingerprint density at radius 3 is 2.00 bits per heavy atom. The van der Waals surface area contributed by atoms with E-state index in [1.165, 1.54) is 0 Å². The van der Waals surface area contributed by atoms with Crippen molar-refractivity contribution in [1.82, 2.24) is 0 Å². The fourth-order valence-electron chi connectivity index (χ4n) is 2.15. The highest BCUT2D eigenvalue weighted by atomic mass is 35.5. The molecule has 0 aliphatic carbocycles. The second-order valence-corrected chi connectivity index (χ2v) is 12.7. The summed E-state index contributed by atoms with van der Waals surface area (Å²) in [7, 11) is -0.219. The van der Waals surface area contributed by atoms with Crippen molar-refractivity contribution in [3.63, 3.8) is 0 Å². The summed E-state index contributed by atoms with van der Waals surface area (Å²) in [5.74, 6) is 0. The lowest BCUT2D eigenvalue weighted by molar-refractivity contribution is -0.00787. The summed E-state index contributed by atoms with van der Waals surface area (Å²) in [6.45, 7) is 13.3. The zero-order valence-electron chi connectivity index (χ0n) is 14.7. The van der Waals surface area contributed by atoms with Gasteiger partial charge in [-0.15, -0.1) is 0 Å². The van der Waals surface area contributed by atoms with Crippen LogP contribution in [0.25, 0.3) is 0 Å². The van der Waals surface area contributed by atoms with Gasteiger partial charge in [0.1, 0.15) is 6.10 Å². The summed E-state index contributed by atoms with van der Waals surface area (Å²) in [6, 6.07) is 5.53. The number of rotatable bonds is 6. The largest absolute Gasteiger partial charge is 0.411 e. The number of methoxy groups -OCH3 is 1. The van der Waals surface area contributed by atoms with Gasteiger partial charge in [0.25, 0.3) is 0 Å². The second-order valence-electron chi connectivity index (χ2n) is 7.12. The van der Waals surface area contributed by atoms with Gasteiger partial charge in [-0.25, -0.2) is 0 Å². The van der Waals surface area contributed by atoms with Crippen molar-refractivity contribution < 1.29 is 9.16 Å². The van der Waals surface area contributed by atoms with Crippen molar-refractivity contribution in [3.05, 3.63) is 33.8 Å². The molecule has 5 heteroatoms. The third-order valence-electron chi connectivity index (χ3n) is 4.53. The minimum atomic E-state index is -1.90. The van der Waals surface area contributed by atoms with E-state index in [4.69, 9.17) is 32.4 Å². The average molecular weight is 363 g/mol. The molecule has 0 unspecified atom stereocenters. The van der Waals surface area contributed by atoms with E-state index in [9.17, 15) is 0 Å². The topological polar surface area (TPSA) is 18.5 Å². The fourth-order valence-corrected chi connectivity index (χ4v) is 4.17. The molecule has 0 N–H and O–H groups in total. The number of hydrogen-bond donors (Lipinski definition) is 0. The fraction of sp³-hybridized carbons (Fsp3) is 0.647. The molecule has 0 fully saturated rings. The van der Waals surface area contributed by atoms with E-state index in [1.807, 2.05) is 18.2 Å². The predicted molar refractivity (Wildman–Crippen MR) is 98.6 cm³/mol. The maximum atomic E-state index is 6.57. The van der Waals surface area contributed by atoms with Crippen molar-refractivity contribution in [1.29, 1.82) is 0 Å². The molecule has 2 nitrogen and oxygen atoms in total. The van der Waals surface area contributed by atoms with Gasteiger partial charge in [-0.2, -0.15) is 0 Å². The highest BCUT2D eigenvalue weighted by molar-refractivity contribution is 6.74. The monoisotopic (exact) mass is 362 g/mol. The first-order valence-corrected chi connectivity index (χ1v) is 11.4. The van der Waals surface area contributed by atoms with Gasteiger partial charge in [-0.3, -0.25) is 0 Å². The zero-order chi connectivity index (χ0) is 17.1. The van der Waals surface area contributed by atoms with Crippen LogP contribution in [-0.2, 0) is 9.16 Å². The smallest absolute Gasteiger partial charge is 0.192 e. The molecule has 0 heterocycles. The van der Waals surface area contributed by atoms with Crippen LogP contribution in [0.2, 0.25) is 28.2 Å². The van der Waals surface area contributed by atoms with Gasteiger partial charge < -0.3 is 9.16 Å². The molecule has 2 atom stereocenters. The Labute approximate surface area is 146 Å². The summed E-state index contributed by atoms with van der Waals surface area (Å²) < 4.78 is 12.3. The molecule has 126 valence electrons. The molecular weight excluding hydrogens is 335 g/mol. The third-order valence-corrected chi connectivity index (χ3v) is 9.69. The van der Waals surface area contributed by atoms with Crippen molar-refractivity contribution in [2.45, 2.75) is 64.5 Å².